The van der Waals surface area contributed by atoms with E-state index in [0.29, 0.717) is 0 Å². The zero-order valence-corrected chi connectivity index (χ0v) is 14.1. The molecule has 0 fully saturated rings. The first-order chi connectivity index (χ1) is 11.0. The minimum atomic E-state index is -0.218. The van der Waals surface area contributed by atoms with E-state index in [-0.39, 0.29) is 11.1 Å². The SMILES string of the molecule is Cc1ccc(-n2c(C)nnc2S[C@H](C)c2ccc(F)cc2)cc1. The summed E-state index contributed by atoms with van der Waals surface area (Å²) in [7, 11) is 0. The molecule has 23 heavy (non-hydrogen) atoms. The molecule has 118 valence electrons. The van der Waals surface area contributed by atoms with Crippen molar-refractivity contribution in [2.24, 2.45) is 0 Å². The van der Waals surface area contributed by atoms with Gasteiger partial charge in [0.05, 0.1) is 0 Å². The van der Waals surface area contributed by atoms with E-state index in [0.717, 1.165) is 22.2 Å². The van der Waals surface area contributed by atoms with E-state index in [1.54, 1.807) is 11.8 Å². The van der Waals surface area contributed by atoms with Crippen LogP contribution in [-0.2, 0) is 0 Å². The van der Waals surface area contributed by atoms with Gasteiger partial charge in [-0.15, -0.1) is 10.2 Å². The molecule has 1 heterocycles. The van der Waals surface area contributed by atoms with Gasteiger partial charge in [0.25, 0.3) is 0 Å². The maximum Gasteiger partial charge on any atom is 0.196 e. The van der Waals surface area contributed by atoms with Crippen LogP contribution in [0.3, 0.4) is 0 Å². The molecule has 0 spiro atoms. The van der Waals surface area contributed by atoms with Crippen molar-refractivity contribution in [2.75, 3.05) is 0 Å². The number of thioether (sulfide) groups is 1. The number of hydrogen-bond acceptors (Lipinski definition) is 3. The molecule has 0 aliphatic rings. The molecule has 0 aliphatic heterocycles. The lowest BCUT2D eigenvalue weighted by molar-refractivity contribution is 0.627. The van der Waals surface area contributed by atoms with Crippen molar-refractivity contribution in [1.29, 1.82) is 0 Å². The molecular weight excluding hydrogens is 309 g/mol. The molecule has 0 aliphatic carbocycles. The van der Waals surface area contributed by atoms with Gasteiger partial charge in [-0.2, -0.15) is 0 Å². The van der Waals surface area contributed by atoms with Crippen LogP contribution in [0.2, 0.25) is 0 Å². The highest BCUT2D eigenvalue weighted by atomic mass is 32.2. The second-order valence-corrected chi connectivity index (χ2v) is 6.82. The Morgan fingerprint density at radius 2 is 1.61 bits per heavy atom. The average molecular weight is 327 g/mol. The maximum absolute atomic E-state index is 13.1. The van der Waals surface area contributed by atoms with E-state index in [1.165, 1.54) is 17.7 Å². The molecule has 0 amide bonds. The number of nitrogens with zero attached hydrogens (tertiary/aromatic N) is 3. The second-order valence-electron chi connectivity index (χ2n) is 5.51. The van der Waals surface area contributed by atoms with Crippen LogP contribution in [0.5, 0.6) is 0 Å². The summed E-state index contributed by atoms with van der Waals surface area (Å²) in [6.45, 7) is 6.09. The molecule has 0 N–H and O–H groups in total. The fourth-order valence-electron chi connectivity index (χ4n) is 2.37. The summed E-state index contributed by atoms with van der Waals surface area (Å²) in [6, 6.07) is 14.9. The van der Waals surface area contributed by atoms with E-state index in [1.807, 2.05) is 23.6 Å². The van der Waals surface area contributed by atoms with Gasteiger partial charge < -0.3 is 0 Å². The summed E-state index contributed by atoms with van der Waals surface area (Å²) in [5.74, 6) is 0.632. The van der Waals surface area contributed by atoms with Gasteiger partial charge in [0, 0.05) is 10.9 Å². The molecule has 5 heteroatoms. The molecule has 3 nitrogen and oxygen atoms in total. The third-order valence-corrected chi connectivity index (χ3v) is 4.81. The fraction of sp³-hybridized carbons (Fsp3) is 0.222. The van der Waals surface area contributed by atoms with Crippen molar-refractivity contribution in [3.8, 4) is 5.69 Å². The summed E-state index contributed by atoms with van der Waals surface area (Å²) in [5, 5.41) is 9.50. The Kier molecular flexibility index (Phi) is 4.48. The molecule has 0 unspecified atom stereocenters. The number of aryl methyl sites for hydroxylation is 2. The Balaban J connectivity index is 1.89. The molecule has 0 radical (unpaired) electrons. The van der Waals surface area contributed by atoms with E-state index >= 15 is 0 Å². The first-order valence-corrected chi connectivity index (χ1v) is 8.34. The zero-order chi connectivity index (χ0) is 16.4. The third-order valence-electron chi connectivity index (χ3n) is 3.71. The average Bonchev–Trinajstić information content (AvgIpc) is 2.89. The van der Waals surface area contributed by atoms with Crippen LogP contribution < -0.4 is 0 Å². The Labute approximate surface area is 139 Å². The Morgan fingerprint density at radius 3 is 2.26 bits per heavy atom. The van der Waals surface area contributed by atoms with Crippen molar-refractivity contribution in [1.82, 2.24) is 14.8 Å². The first-order valence-electron chi connectivity index (χ1n) is 7.46. The number of benzene rings is 2. The van der Waals surface area contributed by atoms with Gasteiger partial charge in [-0.3, -0.25) is 4.57 Å². The van der Waals surface area contributed by atoms with Gasteiger partial charge in [-0.05, 0) is 50.6 Å². The predicted octanol–water partition coefficient (Wildman–Crippen LogP) is 4.88. The Bertz CT molecular complexity index is 794. The van der Waals surface area contributed by atoms with Gasteiger partial charge in [0.2, 0.25) is 0 Å². The highest BCUT2D eigenvalue weighted by Crippen LogP contribution is 2.35. The van der Waals surface area contributed by atoms with E-state index < -0.39 is 0 Å². The van der Waals surface area contributed by atoms with Crippen LogP contribution in [0.15, 0.2) is 53.7 Å². The van der Waals surface area contributed by atoms with Crippen molar-refractivity contribution in [3.63, 3.8) is 0 Å². The van der Waals surface area contributed by atoms with Crippen LogP contribution in [-0.4, -0.2) is 14.8 Å². The summed E-state index contributed by atoms with van der Waals surface area (Å²) in [4.78, 5) is 0. The lowest BCUT2D eigenvalue weighted by atomic mass is 10.2. The molecule has 3 rings (SSSR count). The fourth-order valence-corrected chi connectivity index (χ4v) is 3.41. The van der Waals surface area contributed by atoms with Crippen LogP contribution in [0, 0.1) is 19.7 Å². The van der Waals surface area contributed by atoms with Gasteiger partial charge in [0.15, 0.2) is 5.16 Å². The number of aromatic nitrogens is 3. The Hall–Kier alpha value is -2.14. The van der Waals surface area contributed by atoms with Gasteiger partial charge in [-0.1, -0.05) is 41.6 Å². The minimum absolute atomic E-state index is 0.156. The summed E-state index contributed by atoms with van der Waals surface area (Å²) in [5.41, 5.74) is 3.33. The van der Waals surface area contributed by atoms with Crippen LogP contribution >= 0.6 is 11.8 Å². The molecule has 0 bridgehead atoms. The molecular formula is C18H18FN3S. The highest BCUT2D eigenvalue weighted by Gasteiger charge is 2.16. The van der Waals surface area contributed by atoms with Gasteiger partial charge in [0.1, 0.15) is 11.6 Å². The van der Waals surface area contributed by atoms with Gasteiger partial charge >= 0.3 is 0 Å². The summed E-state index contributed by atoms with van der Waals surface area (Å²) in [6.07, 6.45) is 0. The molecule has 2 aromatic carbocycles. The minimum Gasteiger partial charge on any atom is -0.274 e. The van der Waals surface area contributed by atoms with Crippen molar-refractivity contribution in [3.05, 3.63) is 71.3 Å². The van der Waals surface area contributed by atoms with Crippen molar-refractivity contribution >= 4 is 11.8 Å². The molecule has 1 atom stereocenters. The predicted molar refractivity (Wildman–Crippen MR) is 91.5 cm³/mol. The lowest BCUT2D eigenvalue weighted by Gasteiger charge is -2.13. The molecule has 3 aromatic rings. The first kappa shape index (κ1) is 15.7. The zero-order valence-electron chi connectivity index (χ0n) is 13.3. The third kappa shape index (κ3) is 3.45. The van der Waals surface area contributed by atoms with Gasteiger partial charge in [-0.25, -0.2) is 4.39 Å². The van der Waals surface area contributed by atoms with Crippen molar-refractivity contribution < 1.29 is 4.39 Å². The van der Waals surface area contributed by atoms with Crippen LogP contribution in [0.25, 0.3) is 5.69 Å². The smallest absolute Gasteiger partial charge is 0.196 e. The molecule has 1 aromatic heterocycles. The van der Waals surface area contributed by atoms with E-state index in [2.05, 4.69) is 48.3 Å². The van der Waals surface area contributed by atoms with E-state index in [4.69, 9.17) is 0 Å². The quantitative estimate of drug-likeness (QED) is 0.640. The molecule has 0 saturated carbocycles. The number of rotatable bonds is 4. The summed E-state index contributed by atoms with van der Waals surface area (Å²) < 4.78 is 15.1. The van der Waals surface area contributed by atoms with E-state index in [9.17, 15) is 4.39 Å². The van der Waals surface area contributed by atoms with Crippen LogP contribution in [0.4, 0.5) is 4.39 Å². The van der Waals surface area contributed by atoms with Crippen LogP contribution in [0.1, 0.15) is 29.1 Å². The maximum atomic E-state index is 13.1. The standard InChI is InChI=1S/C18H18FN3S/c1-12-4-10-17(11-5-12)22-14(3)20-21-18(22)23-13(2)15-6-8-16(19)9-7-15/h4-11,13H,1-3H3/t13-/m1/s1. The lowest BCUT2D eigenvalue weighted by Crippen LogP contribution is -2.00. The van der Waals surface area contributed by atoms with Crippen molar-refractivity contribution in [2.45, 2.75) is 31.2 Å². The number of hydrogen-bond donors (Lipinski definition) is 0. The second kappa shape index (κ2) is 6.54. The normalized spacial score (nSPS) is 12.3. The highest BCUT2D eigenvalue weighted by molar-refractivity contribution is 7.99. The summed E-state index contributed by atoms with van der Waals surface area (Å²) >= 11 is 1.62. The Morgan fingerprint density at radius 1 is 0.957 bits per heavy atom. The number of halogens is 1. The topological polar surface area (TPSA) is 30.7 Å². The monoisotopic (exact) mass is 327 g/mol. The molecule has 0 saturated heterocycles. The largest absolute Gasteiger partial charge is 0.274 e.